The second-order valence-electron chi connectivity index (χ2n) is 5.22. The number of carbonyl (C=O) groups is 1. The number of thioether (sulfide) groups is 1. The summed E-state index contributed by atoms with van der Waals surface area (Å²) in [6, 6.07) is 4.09. The molecule has 2 aromatic rings. The Hall–Kier alpha value is -1.34. The Morgan fingerprint density at radius 1 is 1.48 bits per heavy atom. The molecule has 0 aliphatic carbocycles. The van der Waals surface area contributed by atoms with E-state index >= 15 is 0 Å². The van der Waals surface area contributed by atoms with Crippen LogP contribution in [0, 0.1) is 5.92 Å². The number of amides is 1. The molecule has 1 unspecified atom stereocenters. The lowest BCUT2D eigenvalue weighted by Crippen LogP contribution is -2.33. The normalized spacial score (nSPS) is 12.6. The first-order valence-corrected chi connectivity index (χ1v) is 8.68. The van der Waals surface area contributed by atoms with Crippen LogP contribution in [0.15, 0.2) is 22.7 Å². The molecule has 114 valence electrons. The largest absolute Gasteiger partial charge is 0.355 e. The first kappa shape index (κ1) is 16.0. The summed E-state index contributed by atoms with van der Waals surface area (Å²) >= 11 is 3.07. The van der Waals surface area contributed by atoms with Gasteiger partial charge in [0.05, 0.1) is 5.25 Å². The number of carbonyl (C=O) groups excluding carboxylic acids is 1. The van der Waals surface area contributed by atoms with Crippen LogP contribution in [0.2, 0.25) is 0 Å². The van der Waals surface area contributed by atoms with Crippen LogP contribution < -0.4 is 5.32 Å². The molecule has 0 saturated heterocycles. The Morgan fingerprint density at radius 2 is 2.29 bits per heavy atom. The zero-order valence-corrected chi connectivity index (χ0v) is 14.1. The van der Waals surface area contributed by atoms with E-state index in [9.17, 15) is 4.79 Å². The fourth-order valence-corrected chi connectivity index (χ4v) is 3.12. The van der Waals surface area contributed by atoms with E-state index in [0.717, 1.165) is 12.2 Å². The van der Waals surface area contributed by atoms with Crippen molar-refractivity contribution in [1.82, 2.24) is 20.5 Å². The van der Waals surface area contributed by atoms with E-state index in [4.69, 9.17) is 0 Å². The molecule has 0 aromatic carbocycles. The molecular formula is C14H20N4OS2. The van der Waals surface area contributed by atoms with Gasteiger partial charge in [-0.1, -0.05) is 31.7 Å². The van der Waals surface area contributed by atoms with Crippen molar-refractivity contribution in [3.8, 4) is 0 Å². The molecule has 0 bridgehead atoms. The van der Waals surface area contributed by atoms with Crippen LogP contribution in [0.3, 0.4) is 0 Å². The van der Waals surface area contributed by atoms with Gasteiger partial charge in [0.1, 0.15) is 5.82 Å². The van der Waals surface area contributed by atoms with Crippen molar-refractivity contribution in [2.45, 2.75) is 37.6 Å². The first-order chi connectivity index (χ1) is 10.0. The van der Waals surface area contributed by atoms with Crippen molar-refractivity contribution in [3.63, 3.8) is 0 Å². The van der Waals surface area contributed by atoms with E-state index < -0.39 is 0 Å². The molecule has 2 N–H and O–H groups in total. The standard InChI is InChI=1S/C14H20N4OS2/c1-9(2)8-15-13(19)10(3)21-14-16-12(17-18-14)7-11-5-4-6-20-11/h4-6,9-10H,7-8H2,1-3H3,(H,15,19)(H,16,17,18). The lowest BCUT2D eigenvalue weighted by atomic mass is 10.2. The topological polar surface area (TPSA) is 70.7 Å². The van der Waals surface area contributed by atoms with E-state index in [1.54, 1.807) is 11.3 Å². The maximum absolute atomic E-state index is 11.9. The van der Waals surface area contributed by atoms with Gasteiger partial charge < -0.3 is 5.32 Å². The number of aromatic amines is 1. The van der Waals surface area contributed by atoms with Gasteiger partial charge in [-0.15, -0.1) is 16.4 Å². The molecule has 0 saturated carbocycles. The molecule has 0 spiro atoms. The fourth-order valence-electron chi connectivity index (χ4n) is 1.65. The molecule has 7 heteroatoms. The Kier molecular flexibility index (Phi) is 5.81. The third kappa shape index (κ3) is 5.17. The number of hydrogen-bond acceptors (Lipinski definition) is 5. The van der Waals surface area contributed by atoms with E-state index in [2.05, 4.69) is 40.4 Å². The van der Waals surface area contributed by atoms with Crippen molar-refractivity contribution in [2.75, 3.05) is 6.54 Å². The third-order valence-electron chi connectivity index (χ3n) is 2.77. The molecule has 0 radical (unpaired) electrons. The number of H-pyrrole nitrogens is 1. The number of nitrogens with one attached hydrogen (secondary N) is 2. The molecule has 5 nitrogen and oxygen atoms in total. The highest BCUT2D eigenvalue weighted by Crippen LogP contribution is 2.20. The highest BCUT2D eigenvalue weighted by Gasteiger charge is 2.17. The number of aromatic nitrogens is 3. The van der Waals surface area contributed by atoms with Crippen LogP contribution in [0.4, 0.5) is 0 Å². The van der Waals surface area contributed by atoms with Crippen molar-refractivity contribution in [2.24, 2.45) is 5.92 Å². The molecule has 1 amide bonds. The summed E-state index contributed by atoms with van der Waals surface area (Å²) in [7, 11) is 0. The van der Waals surface area contributed by atoms with Gasteiger partial charge in [-0.3, -0.25) is 9.89 Å². The van der Waals surface area contributed by atoms with Crippen molar-refractivity contribution >= 4 is 29.0 Å². The summed E-state index contributed by atoms with van der Waals surface area (Å²) in [6.45, 7) is 6.71. The Labute approximate surface area is 132 Å². The third-order valence-corrected chi connectivity index (χ3v) is 4.61. The Balaban J connectivity index is 1.85. The highest BCUT2D eigenvalue weighted by atomic mass is 32.2. The van der Waals surface area contributed by atoms with Crippen molar-refractivity contribution in [1.29, 1.82) is 0 Å². The van der Waals surface area contributed by atoms with Crippen LogP contribution in [0.5, 0.6) is 0 Å². The van der Waals surface area contributed by atoms with Gasteiger partial charge in [0, 0.05) is 17.8 Å². The molecule has 0 aliphatic heterocycles. The second-order valence-corrected chi connectivity index (χ2v) is 7.56. The number of hydrogen-bond donors (Lipinski definition) is 2. The van der Waals surface area contributed by atoms with Gasteiger partial charge in [0.15, 0.2) is 0 Å². The number of rotatable bonds is 7. The zero-order chi connectivity index (χ0) is 15.2. The summed E-state index contributed by atoms with van der Waals surface area (Å²) in [5.41, 5.74) is 0. The average molecular weight is 324 g/mol. The number of nitrogens with zero attached hydrogens (tertiary/aromatic N) is 2. The second kappa shape index (κ2) is 7.61. The van der Waals surface area contributed by atoms with Crippen LogP contribution in [-0.2, 0) is 11.2 Å². The molecule has 0 aliphatic rings. The van der Waals surface area contributed by atoms with Gasteiger partial charge in [-0.25, -0.2) is 4.98 Å². The smallest absolute Gasteiger partial charge is 0.233 e. The minimum absolute atomic E-state index is 0.0262. The van der Waals surface area contributed by atoms with Gasteiger partial charge in [-0.2, -0.15) is 0 Å². The average Bonchev–Trinajstić information content (AvgIpc) is 3.08. The van der Waals surface area contributed by atoms with E-state index in [-0.39, 0.29) is 11.2 Å². The van der Waals surface area contributed by atoms with E-state index in [0.29, 0.717) is 17.6 Å². The molecule has 0 fully saturated rings. The first-order valence-electron chi connectivity index (χ1n) is 6.92. The van der Waals surface area contributed by atoms with Crippen LogP contribution >= 0.6 is 23.1 Å². The molecule has 2 rings (SSSR count). The monoisotopic (exact) mass is 324 g/mol. The molecule has 1 atom stereocenters. The van der Waals surface area contributed by atoms with Gasteiger partial charge in [0.25, 0.3) is 0 Å². The molecule has 21 heavy (non-hydrogen) atoms. The fraction of sp³-hybridized carbons (Fsp3) is 0.500. The summed E-state index contributed by atoms with van der Waals surface area (Å²) < 4.78 is 0. The minimum Gasteiger partial charge on any atom is -0.355 e. The van der Waals surface area contributed by atoms with Gasteiger partial charge in [-0.05, 0) is 24.3 Å². The van der Waals surface area contributed by atoms with E-state index in [1.165, 1.54) is 16.6 Å². The molecular weight excluding hydrogens is 304 g/mol. The van der Waals surface area contributed by atoms with Crippen LogP contribution in [0.25, 0.3) is 0 Å². The summed E-state index contributed by atoms with van der Waals surface area (Å²) in [5, 5.41) is 12.5. The van der Waals surface area contributed by atoms with Gasteiger partial charge >= 0.3 is 0 Å². The van der Waals surface area contributed by atoms with Crippen LogP contribution in [0.1, 0.15) is 31.5 Å². The van der Waals surface area contributed by atoms with Gasteiger partial charge in [0.2, 0.25) is 11.1 Å². The van der Waals surface area contributed by atoms with Crippen molar-refractivity contribution in [3.05, 3.63) is 28.2 Å². The molecule has 2 heterocycles. The highest BCUT2D eigenvalue weighted by molar-refractivity contribution is 8.00. The maximum Gasteiger partial charge on any atom is 0.233 e. The predicted molar refractivity (Wildman–Crippen MR) is 86.7 cm³/mol. The van der Waals surface area contributed by atoms with Crippen molar-refractivity contribution < 1.29 is 4.79 Å². The Bertz CT molecular complexity index is 565. The molecule has 2 aromatic heterocycles. The summed E-state index contributed by atoms with van der Waals surface area (Å²) in [6.07, 6.45) is 0.749. The quantitative estimate of drug-likeness (QED) is 0.768. The minimum atomic E-state index is -0.200. The Morgan fingerprint density at radius 3 is 2.95 bits per heavy atom. The SMILES string of the molecule is CC(C)CNC(=O)C(C)Sc1n[nH]c(Cc2cccs2)n1. The number of thiophene rings is 1. The van der Waals surface area contributed by atoms with E-state index in [1.807, 2.05) is 18.4 Å². The maximum atomic E-state index is 11.9. The zero-order valence-electron chi connectivity index (χ0n) is 12.4. The lowest BCUT2D eigenvalue weighted by Gasteiger charge is -2.11. The van der Waals surface area contributed by atoms with Crippen LogP contribution in [-0.4, -0.2) is 32.9 Å². The summed E-state index contributed by atoms with van der Waals surface area (Å²) in [5.74, 6) is 1.31. The summed E-state index contributed by atoms with van der Waals surface area (Å²) in [4.78, 5) is 17.6. The predicted octanol–water partition coefficient (Wildman–Crippen LogP) is 2.71. The lowest BCUT2D eigenvalue weighted by molar-refractivity contribution is -0.120.